The quantitative estimate of drug-likeness (QED) is 0.722. The van der Waals surface area contributed by atoms with Crippen LogP contribution in [-0.2, 0) is 9.53 Å². The van der Waals surface area contributed by atoms with Gasteiger partial charge < -0.3 is 15.4 Å². The van der Waals surface area contributed by atoms with Crippen LogP contribution in [0, 0.1) is 11.8 Å². The number of amides is 1. The molecule has 0 bridgehead atoms. The van der Waals surface area contributed by atoms with E-state index in [4.69, 9.17) is 4.74 Å². The summed E-state index contributed by atoms with van der Waals surface area (Å²) in [6.45, 7) is 6.74. The fourth-order valence-electron chi connectivity index (χ4n) is 2.63. The van der Waals surface area contributed by atoms with Crippen molar-refractivity contribution in [3.63, 3.8) is 0 Å². The van der Waals surface area contributed by atoms with Crippen LogP contribution >= 0.6 is 0 Å². The highest BCUT2D eigenvalue weighted by molar-refractivity contribution is 5.79. The van der Waals surface area contributed by atoms with E-state index in [-0.39, 0.29) is 17.9 Å². The average molecular weight is 226 g/mol. The lowest BCUT2D eigenvalue weighted by Gasteiger charge is -2.36. The maximum absolute atomic E-state index is 12.0. The molecule has 2 heterocycles. The summed E-state index contributed by atoms with van der Waals surface area (Å²) in [5.41, 5.74) is 0. The monoisotopic (exact) mass is 226 g/mol. The highest BCUT2D eigenvalue weighted by Crippen LogP contribution is 2.18. The third-order valence-corrected chi connectivity index (χ3v) is 3.83. The fraction of sp³-hybridized carbons (Fsp3) is 0.917. The van der Waals surface area contributed by atoms with Crippen LogP contribution in [0.25, 0.3) is 0 Å². The second kappa shape index (κ2) is 5.15. The minimum Gasteiger partial charge on any atom is -0.381 e. The number of rotatable bonds is 2. The zero-order chi connectivity index (χ0) is 11.5. The lowest BCUT2D eigenvalue weighted by Crippen LogP contribution is -2.56. The van der Waals surface area contributed by atoms with Gasteiger partial charge in [-0.25, -0.2) is 0 Å². The van der Waals surface area contributed by atoms with Crippen molar-refractivity contribution in [2.24, 2.45) is 11.8 Å². The molecule has 0 aromatic heterocycles. The van der Waals surface area contributed by atoms with Gasteiger partial charge in [-0.15, -0.1) is 0 Å². The van der Waals surface area contributed by atoms with Crippen LogP contribution in [0.1, 0.15) is 26.7 Å². The molecule has 2 aliphatic heterocycles. The highest BCUT2D eigenvalue weighted by Gasteiger charge is 2.31. The molecule has 0 spiro atoms. The van der Waals surface area contributed by atoms with Gasteiger partial charge in [-0.2, -0.15) is 0 Å². The van der Waals surface area contributed by atoms with Gasteiger partial charge in [-0.3, -0.25) is 4.79 Å². The first-order valence-electron chi connectivity index (χ1n) is 6.30. The van der Waals surface area contributed by atoms with Gasteiger partial charge in [0.1, 0.15) is 0 Å². The van der Waals surface area contributed by atoms with Crippen molar-refractivity contribution in [2.45, 2.75) is 38.8 Å². The lowest BCUT2D eigenvalue weighted by atomic mass is 9.88. The largest absolute Gasteiger partial charge is 0.381 e. The van der Waals surface area contributed by atoms with Gasteiger partial charge in [-0.05, 0) is 32.2 Å². The Balaban J connectivity index is 1.88. The second-order valence-corrected chi connectivity index (χ2v) is 5.10. The molecule has 16 heavy (non-hydrogen) atoms. The van der Waals surface area contributed by atoms with Crippen LogP contribution in [0.3, 0.4) is 0 Å². The second-order valence-electron chi connectivity index (χ2n) is 5.10. The van der Waals surface area contributed by atoms with Gasteiger partial charge >= 0.3 is 0 Å². The van der Waals surface area contributed by atoms with Gasteiger partial charge in [0.05, 0.1) is 12.5 Å². The zero-order valence-corrected chi connectivity index (χ0v) is 10.2. The predicted octanol–water partition coefficient (Wildman–Crippen LogP) is 0.526. The molecule has 4 atom stereocenters. The molecule has 4 unspecified atom stereocenters. The topological polar surface area (TPSA) is 50.4 Å². The van der Waals surface area contributed by atoms with E-state index in [1.165, 1.54) is 0 Å². The number of hydrogen-bond acceptors (Lipinski definition) is 3. The fourth-order valence-corrected chi connectivity index (χ4v) is 2.63. The van der Waals surface area contributed by atoms with Crippen LogP contribution in [0.4, 0.5) is 0 Å². The van der Waals surface area contributed by atoms with Crippen molar-refractivity contribution in [2.75, 3.05) is 19.8 Å². The van der Waals surface area contributed by atoms with Crippen molar-refractivity contribution in [3.8, 4) is 0 Å². The molecule has 0 radical (unpaired) electrons. The highest BCUT2D eigenvalue weighted by atomic mass is 16.5. The van der Waals surface area contributed by atoms with Crippen LogP contribution in [0.5, 0.6) is 0 Å². The third-order valence-electron chi connectivity index (χ3n) is 3.83. The smallest absolute Gasteiger partial charge is 0.225 e. The Morgan fingerprint density at radius 3 is 2.81 bits per heavy atom. The standard InChI is InChI=1S/C12H22N2O2/c1-8-3-5-13-9(2)11(8)14-12(15)10-4-6-16-7-10/h8-11,13H,3-7H2,1-2H3,(H,14,15). The van der Waals surface area contributed by atoms with Crippen molar-refractivity contribution < 1.29 is 9.53 Å². The first kappa shape index (κ1) is 11.9. The van der Waals surface area contributed by atoms with E-state index in [9.17, 15) is 4.79 Å². The Labute approximate surface area is 97.1 Å². The van der Waals surface area contributed by atoms with Gasteiger partial charge in [0.15, 0.2) is 0 Å². The molecule has 2 fully saturated rings. The summed E-state index contributed by atoms with van der Waals surface area (Å²) in [5.74, 6) is 0.800. The Hall–Kier alpha value is -0.610. The molecule has 0 aromatic rings. The minimum absolute atomic E-state index is 0.0707. The zero-order valence-electron chi connectivity index (χ0n) is 10.2. The Morgan fingerprint density at radius 2 is 2.19 bits per heavy atom. The van der Waals surface area contributed by atoms with E-state index < -0.39 is 0 Å². The minimum atomic E-state index is 0.0707. The molecule has 0 saturated carbocycles. The van der Waals surface area contributed by atoms with Gasteiger partial charge in [0.2, 0.25) is 5.91 Å². The van der Waals surface area contributed by atoms with Crippen LogP contribution in [-0.4, -0.2) is 37.7 Å². The van der Waals surface area contributed by atoms with Crippen molar-refractivity contribution in [1.82, 2.24) is 10.6 Å². The molecule has 0 aliphatic carbocycles. The number of nitrogens with one attached hydrogen (secondary N) is 2. The normalized spacial score (nSPS) is 39.6. The molecule has 1 amide bonds. The van der Waals surface area contributed by atoms with Crippen molar-refractivity contribution in [1.29, 1.82) is 0 Å². The summed E-state index contributed by atoms with van der Waals surface area (Å²) in [6, 6.07) is 0.636. The summed E-state index contributed by atoms with van der Waals surface area (Å²) in [7, 11) is 0. The Kier molecular flexibility index (Phi) is 3.82. The summed E-state index contributed by atoms with van der Waals surface area (Å²) in [4.78, 5) is 12.0. The first-order valence-corrected chi connectivity index (χ1v) is 6.30. The number of piperidine rings is 1. The number of carbonyl (C=O) groups excluding carboxylic acids is 1. The van der Waals surface area contributed by atoms with E-state index >= 15 is 0 Å². The number of carbonyl (C=O) groups is 1. The molecule has 4 nitrogen and oxygen atoms in total. The van der Waals surface area contributed by atoms with E-state index in [0.29, 0.717) is 18.6 Å². The summed E-state index contributed by atoms with van der Waals surface area (Å²) in [5, 5.41) is 6.59. The summed E-state index contributed by atoms with van der Waals surface area (Å²) in [6.07, 6.45) is 2.01. The molecule has 0 aromatic carbocycles. The Bertz CT molecular complexity index is 241. The van der Waals surface area contributed by atoms with E-state index in [0.717, 1.165) is 26.0 Å². The number of ether oxygens (including phenoxy) is 1. The first-order chi connectivity index (χ1) is 7.68. The van der Waals surface area contributed by atoms with Gasteiger partial charge in [0.25, 0.3) is 0 Å². The average Bonchev–Trinajstić information content (AvgIpc) is 2.76. The molecule has 92 valence electrons. The van der Waals surface area contributed by atoms with E-state index in [2.05, 4.69) is 24.5 Å². The Morgan fingerprint density at radius 1 is 1.38 bits per heavy atom. The predicted molar refractivity (Wildman–Crippen MR) is 62.1 cm³/mol. The molecular formula is C12H22N2O2. The maximum Gasteiger partial charge on any atom is 0.225 e. The van der Waals surface area contributed by atoms with E-state index in [1.54, 1.807) is 0 Å². The van der Waals surface area contributed by atoms with Gasteiger partial charge in [-0.1, -0.05) is 6.92 Å². The molecule has 2 rings (SSSR count). The summed E-state index contributed by atoms with van der Waals surface area (Å²) >= 11 is 0. The van der Waals surface area contributed by atoms with Crippen LogP contribution in [0.15, 0.2) is 0 Å². The van der Waals surface area contributed by atoms with E-state index in [1.807, 2.05) is 0 Å². The number of hydrogen-bond donors (Lipinski definition) is 2. The molecular weight excluding hydrogens is 204 g/mol. The lowest BCUT2D eigenvalue weighted by molar-refractivity contribution is -0.126. The molecule has 4 heteroatoms. The van der Waals surface area contributed by atoms with Crippen molar-refractivity contribution >= 4 is 5.91 Å². The molecule has 2 aliphatic rings. The van der Waals surface area contributed by atoms with Crippen LogP contribution in [0.2, 0.25) is 0 Å². The maximum atomic E-state index is 12.0. The van der Waals surface area contributed by atoms with Gasteiger partial charge in [0, 0.05) is 18.7 Å². The van der Waals surface area contributed by atoms with Crippen LogP contribution < -0.4 is 10.6 Å². The third kappa shape index (κ3) is 2.55. The summed E-state index contributed by atoms with van der Waals surface area (Å²) < 4.78 is 5.24. The molecule has 2 N–H and O–H groups in total. The molecule has 2 saturated heterocycles. The SMILES string of the molecule is CC1CCNC(C)C1NC(=O)C1CCOC1. The van der Waals surface area contributed by atoms with Crippen molar-refractivity contribution in [3.05, 3.63) is 0 Å².